The topological polar surface area (TPSA) is 84.6 Å². The number of anilines is 1. The molecular formula is C29H27F3N2O6. The molecule has 1 saturated heterocycles. The first kappa shape index (κ1) is 27.2. The van der Waals surface area contributed by atoms with Crippen LogP contribution in [0.5, 0.6) is 28.7 Å². The first-order chi connectivity index (χ1) is 19.2. The zero-order chi connectivity index (χ0) is 28.4. The van der Waals surface area contributed by atoms with E-state index in [1.165, 1.54) is 37.4 Å². The number of alkyl halides is 3. The van der Waals surface area contributed by atoms with Crippen molar-refractivity contribution in [2.75, 3.05) is 45.3 Å². The van der Waals surface area contributed by atoms with Crippen molar-refractivity contribution < 1.29 is 36.9 Å². The first-order valence-corrected chi connectivity index (χ1v) is 12.5. The van der Waals surface area contributed by atoms with Crippen molar-refractivity contribution in [3.63, 3.8) is 0 Å². The highest BCUT2D eigenvalue weighted by Crippen LogP contribution is 2.40. The molecule has 0 atom stereocenters. The van der Waals surface area contributed by atoms with E-state index in [1.807, 2.05) is 29.2 Å². The summed E-state index contributed by atoms with van der Waals surface area (Å²) < 4.78 is 63.4. The number of halogens is 3. The van der Waals surface area contributed by atoms with Crippen LogP contribution in [0.25, 0.3) is 11.0 Å². The van der Waals surface area contributed by atoms with E-state index in [1.54, 1.807) is 13.2 Å². The highest BCUT2D eigenvalue weighted by molar-refractivity contribution is 5.83. The summed E-state index contributed by atoms with van der Waals surface area (Å²) in [6.45, 7) is 2.57. The van der Waals surface area contributed by atoms with Crippen LogP contribution in [0.1, 0.15) is 11.3 Å². The summed E-state index contributed by atoms with van der Waals surface area (Å²) >= 11 is 0. The minimum Gasteiger partial charge on any atom is -0.507 e. The van der Waals surface area contributed by atoms with E-state index >= 15 is 0 Å². The van der Waals surface area contributed by atoms with Crippen LogP contribution in [0.2, 0.25) is 0 Å². The lowest BCUT2D eigenvalue weighted by molar-refractivity contribution is -0.154. The lowest BCUT2D eigenvalue weighted by Crippen LogP contribution is -2.46. The molecule has 2 heterocycles. The summed E-state index contributed by atoms with van der Waals surface area (Å²) in [5.41, 5.74) is -0.196. The Labute approximate surface area is 227 Å². The second-order valence-corrected chi connectivity index (χ2v) is 9.27. The van der Waals surface area contributed by atoms with Gasteiger partial charge in [0.15, 0.2) is 0 Å². The minimum absolute atomic E-state index is 0.0229. The molecule has 1 aliphatic rings. The van der Waals surface area contributed by atoms with E-state index < -0.39 is 23.1 Å². The summed E-state index contributed by atoms with van der Waals surface area (Å²) in [5.74, 6) is -1.75. The Hall–Kier alpha value is -4.38. The molecule has 0 aliphatic carbocycles. The first-order valence-electron chi connectivity index (χ1n) is 12.5. The van der Waals surface area contributed by atoms with Gasteiger partial charge in [-0.2, -0.15) is 13.2 Å². The van der Waals surface area contributed by atoms with Gasteiger partial charge in [-0.15, -0.1) is 0 Å². The third-order valence-corrected chi connectivity index (χ3v) is 6.81. The number of hydrogen-bond donors (Lipinski definition) is 1. The molecule has 11 heteroatoms. The van der Waals surface area contributed by atoms with Crippen LogP contribution in [0.4, 0.5) is 18.9 Å². The van der Waals surface area contributed by atoms with Gasteiger partial charge in [-0.05, 0) is 48.5 Å². The normalized spacial score (nSPS) is 14.4. The Balaban J connectivity index is 1.45. The van der Waals surface area contributed by atoms with Crippen LogP contribution < -0.4 is 24.5 Å². The zero-order valence-electron chi connectivity index (χ0n) is 21.8. The molecule has 0 amide bonds. The maximum Gasteiger partial charge on any atom is 0.453 e. The van der Waals surface area contributed by atoms with E-state index in [-0.39, 0.29) is 34.6 Å². The average molecular weight is 557 g/mol. The van der Waals surface area contributed by atoms with Gasteiger partial charge in [0.1, 0.15) is 28.6 Å². The van der Waals surface area contributed by atoms with E-state index in [9.17, 15) is 23.1 Å². The van der Waals surface area contributed by atoms with Gasteiger partial charge in [0, 0.05) is 44.5 Å². The van der Waals surface area contributed by atoms with Crippen LogP contribution in [0, 0.1) is 0 Å². The summed E-state index contributed by atoms with van der Waals surface area (Å²) in [5, 5.41) is 10.5. The van der Waals surface area contributed by atoms with Gasteiger partial charge in [-0.25, -0.2) is 0 Å². The fourth-order valence-corrected chi connectivity index (χ4v) is 4.68. The van der Waals surface area contributed by atoms with Gasteiger partial charge in [0.25, 0.3) is 5.76 Å². The van der Waals surface area contributed by atoms with Crippen LogP contribution in [0.3, 0.4) is 0 Å². The predicted molar refractivity (Wildman–Crippen MR) is 143 cm³/mol. The van der Waals surface area contributed by atoms with Crippen molar-refractivity contribution in [2.45, 2.75) is 12.7 Å². The standard InChI is InChI=1S/C29H27F3N2O6/c1-37-19-8-6-18(7-9-19)34-14-12-33(13-15-34)17-23-24(35)11-10-22-25(36)27(28(29(30,31)32)40-26(22)23)39-21-5-3-4-20(16-21)38-2/h3-11,16,35H,12-15,17H2,1-2H3. The Morgan fingerprint density at radius 2 is 1.57 bits per heavy atom. The number of phenolic OH excluding ortho intramolecular Hbond substituents is 1. The van der Waals surface area contributed by atoms with Crippen molar-refractivity contribution in [2.24, 2.45) is 0 Å². The van der Waals surface area contributed by atoms with Gasteiger partial charge < -0.3 is 28.6 Å². The quantitative estimate of drug-likeness (QED) is 0.313. The van der Waals surface area contributed by atoms with Crippen molar-refractivity contribution in [1.29, 1.82) is 0 Å². The second-order valence-electron chi connectivity index (χ2n) is 9.27. The second kappa shape index (κ2) is 11.0. The smallest absolute Gasteiger partial charge is 0.453 e. The number of nitrogens with zero attached hydrogens (tertiary/aromatic N) is 2. The molecule has 8 nitrogen and oxygen atoms in total. The average Bonchev–Trinajstić information content (AvgIpc) is 2.96. The molecule has 1 aliphatic heterocycles. The van der Waals surface area contributed by atoms with Gasteiger partial charge >= 0.3 is 6.18 Å². The Bertz CT molecular complexity index is 1560. The summed E-state index contributed by atoms with van der Waals surface area (Å²) in [7, 11) is 3.00. The highest BCUT2D eigenvalue weighted by atomic mass is 19.4. The monoisotopic (exact) mass is 556 g/mol. The molecule has 0 radical (unpaired) electrons. The highest BCUT2D eigenvalue weighted by Gasteiger charge is 2.41. The number of aromatic hydroxyl groups is 1. The number of hydrogen-bond acceptors (Lipinski definition) is 8. The Kier molecular flexibility index (Phi) is 7.49. The van der Waals surface area contributed by atoms with Gasteiger partial charge in [-0.1, -0.05) is 6.07 Å². The number of fused-ring (bicyclic) bond motifs is 1. The Morgan fingerprint density at radius 3 is 2.23 bits per heavy atom. The molecule has 1 fully saturated rings. The number of rotatable bonds is 7. The molecule has 0 spiro atoms. The van der Waals surface area contributed by atoms with Gasteiger partial charge in [0.05, 0.1) is 25.2 Å². The maximum atomic E-state index is 14.1. The number of ether oxygens (including phenoxy) is 3. The molecular weight excluding hydrogens is 529 g/mol. The number of phenols is 1. The molecule has 210 valence electrons. The van der Waals surface area contributed by atoms with Crippen LogP contribution >= 0.6 is 0 Å². The molecule has 3 aromatic carbocycles. The van der Waals surface area contributed by atoms with Crippen LogP contribution in [-0.2, 0) is 12.7 Å². The van der Waals surface area contributed by atoms with Gasteiger partial charge in [-0.3, -0.25) is 9.69 Å². The van der Waals surface area contributed by atoms with Gasteiger partial charge in [0.2, 0.25) is 11.2 Å². The molecule has 1 N–H and O–H groups in total. The predicted octanol–water partition coefficient (Wildman–Crippen LogP) is 5.65. The van der Waals surface area contributed by atoms with E-state index in [0.29, 0.717) is 31.9 Å². The number of methoxy groups -OCH3 is 2. The van der Waals surface area contributed by atoms with E-state index in [2.05, 4.69) is 4.90 Å². The van der Waals surface area contributed by atoms with Crippen LogP contribution in [0.15, 0.2) is 69.9 Å². The third-order valence-electron chi connectivity index (χ3n) is 6.81. The van der Waals surface area contributed by atoms with E-state index in [0.717, 1.165) is 11.4 Å². The fourth-order valence-electron chi connectivity index (χ4n) is 4.68. The lowest BCUT2D eigenvalue weighted by atomic mass is 10.1. The fraction of sp³-hybridized carbons (Fsp3) is 0.276. The van der Waals surface area contributed by atoms with Crippen molar-refractivity contribution in [3.05, 3.63) is 82.2 Å². The number of piperazine rings is 1. The molecule has 40 heavy (non-hydrogen) atoms. The van der Waals surface area contributed by atoms with Crippen molar-refractivity contribution in [3.8, 4) is 28.7 Å². The molecule has 5 rings (SSSR count). The third kappa shape index (κ3) is 5.50. The van der Waals surface area contributed by atoms with E-state index in [4.69, 9.17) is 18.6 Å². The van der Waals surface area contributed by atoms with Crippen molar-refractivity contribution >= 4 is 16.7 Å². The summed E-state index contributed by atoms with van der Waals surface area (Å²) in [6.07, 6.45) is -5.03. The molecule has 0 unspecified atom stereocenters. The SMILES string of the molecule is COc1ccc(N2CCN(Cc3c(O)ccc4c(=O)c(Oc5cccc(OC)c5)c(C(F)(F)F)oc34)CC2)cc1. The number of benzene rings is 3. The Morgan fingerprint density at radius 1 is 0.900 bits per heavy atom. The van der Waals surface area contributed by atoms with Crippen molar-refractivity contribution in [1.82, 2.24) is 4.90 Å². The largest absolute Gasteiger partial charge is 0.507 e. The summed E-state index contributed by atoms with van der Waals surface area (Å²) in [4.78, 5) is 17.5. The molecule has 0 bridgehead atoms. The molecule has 4 aromatic rings. The minimum atomic E-state index is -5.03. The zero-order valence-corrected chi connectivity index (χ0v) is 21.8. The van der Waals surface area contributed by atoms with Crippen LogP contribution in [-0.4, -0.2) is 50.4 Å². The summed E-state index contributed by atoms with van der Waals surface area (Å²) in [6, 6.07) is 16.1. The molecule has 0 saturated carbocycles. The molecule has 1 aromatic heterocycles. The maximum absolute atomic E-state index is 14.1. The lowest BCUT2D eigenvalue weighted by Gasteiger charge is -2.36.